The maximum absolute atomic E-state index is 5.13. The summed E-state index contributed by atoms with van der Waals surface area (Å²) in [6.45, 7) is 13.4. The lowest BCUT2D eigenvalue weighted by Gasteiger charge is -2.23. The molecule has 6 aromatic rings. The zero-order chi connectivity index (χ0) is 31.8. The van der Waals surface area contributed by atoms with E-state index in [9.17, 15) is 0 Å². The molecule has 0 radical (unpaired) electrons. The molecule has 0 aliphatic heterocycles. The zero-order valence-electron chi connectivity index (χ0n) is 27.3. The van der Waals surface area contributed by atoms with Gasteiger partial charge in [0.25, 0.3) is 0 Å². The summed E-state index contributed by atoms with van der Waals surface area (Å²) in [4.78, 5) is 15.1. The fourth-order valence-electron chi connectivity index (χ4n) is 5.69. The van der Waals surface area contributed by atoms with Crippen molar-refractivity contribution < 1.29 is 0 Å². The van der Waals surface area contributed by atoms with E-state index in [4.69, 9.17) is 15.0 Å². The van der Waals surface area contributed by atoms with Crippen molar-refractivity contribution in [3.05, 3.63) is 127 Å². The third-order valence-electron chi connectivity index (χ3n) is 8.23. The lowest BCUT2D eigenvalue weighted by molar-refractivity contribution is 0.544. The largest absolute Gasteiger partial charge is 0.339 e. The minimum absolute atomic E-state index is 0.0200. The van der Waals surface area contributed by atoms with Crippen LogP contribution in [0.15, 0.2) is 116 Å². The van der Waals surface area contributed by atoms with Crippen LogP contribution in [0.4, 0.5) is 11.5 Å². The van der Waals surface area contributed by atoms with Gasteiger partial charge in [-0.1, -0.05) is 114 Å². The lowest BCUT2D eigenvalue weighted by atomic mass is 9.85. The van der Waals surface area contributed by atoms with Crippen molar-refractivity contribution in [3.63, 3.8) is 0 Å². The van der Waals surface area contributed by atoms with E-state index in [1.165, 1.54) is 11.3 Å². The molecule has 6 rings (SSSR count). The number of aromatic nitrogens is 4. The minimum Gasteiger partial charge on any atom is -0.339 e. The van der Waals surface area contributed by atoms with Crippen LogP contribution in [0.1, 0.15) is 52.8 Å². The molecule has 5 nitrogen and oxygen atoms in total. The standard InChI is InChI=1S/C40H41N5/c1-39(2,3)30-21-22-35(32(24-30)38-42-26-36(45(38)7)40(4,5)6)44-37-31(23-29(25-41-37)27-15-10-8-11-16-27)34-20-14-19-33(43-34)28-17-12-9-13-18-28/h8-26H,1-7H3,(H,41,44). The third-order valence-corrected chi connectivity index (χ3v) is 8.23. The Balaban J connectivity index is 1.51. The number of anilines is 2. The van der Waals surface area contributed by atoms with Crippen molar-refractivity contribution in [1.29, 1.82) is 0 Å². The predicted octanol–water partition coefficient (Wildman–Crippen LogP) is 10.2. The summed E-state index contributed by atoms with van der Waals surface area (Å²) >= 11 is 0. The maximum Gasteiger partial charge on any atom is 0.141 e. The van der Waals surface area contributed by atoms with Gasteiger partial charge in [-0.05, 0) is 46.9 Å². The zero-order valence-corrected chi connectivity index (χ0v) is 27.3. The van der Waals surface area contributed by atoms with E-state index in [0.717, 1.165) is 56.5 Å². The number of imidazole rings is 1. The number of hydrogen-bond donors (Lipinski definition) is 1. The van der Waals surface area contributed by atoms with E-state index >= 15 is 0 Å². The van der Waals surface area contributed by atoms with Gasteiger partial charge in [0.2, 0.25) is 0 Å². The van der Waals surface area contributed by atoms with Crippen molar-refractivity contribution in [2.75, 3.05) is 5.32 Å². The molecule has 3 aromatic carbocycles. The Morgan fingerprint density at radius 1 is 0.578 bits per heavy atom. The number of nitrogens with one attached hydrogen (secondary N) is 1. The number of nitrogens with zero attached hydrogens (tertiary/aromatic N) is 4. The van der Waals surface area contributed by atoms with E-state index in [1.54, 1.807) is 0 Å². The normalized spacial score (nSPS) is 11.9. The highest BCUT2D eigenvalue weighted by Gasteiger charge is 2.24. The molecule has 0 spiro atoms. The van der Waals surface area contributed by atoms with Gasteiger partial charge >= 0.3 is 0 Å². The van der Waals surface area contributed by atoms with E-state index in [-0.39, 0.29) is 10.8 Å². The molecular weight excluding hydrogens is 550 g/mol. The molecule has 0 aliphatic carbocycles. The molecule has 3 heterocycles. The van der Waals surface area contributed by atoms with Crippen molar-refractivity contribution in [2.45, 2.75) is 52.4 Å². The predicted molar refractivity (Wildman–Crippen MR) is 188 cm³/mol. The average Bonchev–Trinajstić information content (AvgIpc) is 3.43. The van der Waals surface area contributed by atoms with Gasteiger partial charge < -0.3 is 9.88 Å². The highest BCUT2D eigenvalue weighted by atomic mass is 15.1. The van der Waals surface area contributed by atoms with Gasteiger partial charge in [-0.25, -0.2) is 15.0 Å². The van der Waals surface area contributed by atoms with Gasteiger partial charge in [0.1, 0.15) is 11.6 Å². The fourth-order valence-corrected chi connectivity index (χ4v) is 5.69. The Kier molecular flexibility index (Phi) is 7.88. The van der Waals surface area contributed by atoms with Crippen LogP contribution in [0.3, 0.4) is 0 Å². The summed E-state index contributed by atoms with van der Waals surface area (Å²) in [6, 6.07) is 35.6. The second kappa shape index (κ2) is 11.8. The van der Waals surface area contributed by atoms with Crippen LogP contribution in [0.25, 0.3) is 45.0 Å². The quantitative estimate of drug-likeness (QED) is 0.209. The number of benzene rings is 3. The number of pyridine rings is 2. The van der Waals surface area contributed by atoms with Crippen LogP contribution < -0.4 is 5.32 Å². The molecule has 3 aromatic heterocycles. The monoisotopic (exact) mass is 591 g/mol. The second-order valence-electron chi connectivity index (χ2n) is 13.7. The van der Waals surface area contributed by atoms with Crippen molar-refractivity contribution in [3.8, 4) is 45.0 Å². The highest BCUT2D eigenvalue weighted by molar-refractivity contribution is 5.86. The van der Waals surface area contributed by atoms with Crippen LogP contribution >= 0.6 is 0 Å². The first-order valence-electron chi connectivity index (χ1n) is 15.5. The van der Waals surface area contributed by atoms with Gasteiger partial charge in [0.05, 0.1) is 17.1 Å². The van der Waals surface area contributed by atoms with Crippen LogP contribution in [0, 0.1) is 0 Å². The molecule has 0 bridgehead atoms. The van der Waals surface area contributed by atoms with Gasteiger partial charge in [0, 0.05) is 52.8 Å². The Morgan fingerprint density at radius 3 is 1.89 bits per heavy atom. The molecule has 0 fully saturated rings. The molecule has 0 saturated heterocycles. The van der Waals surface area contributed by atoms with E-state index in [2.05, 4.69) is 137 Å². The summed E-state index contributed by atoms with van der Waals surface area (Å²) in [5.41, 5.74) is 10.3. The maximum atomic E-state index is 5.13. The Hall–Kier alpha value is -5.03. The minimum atomic E-state index is -0.0351. The van der Waals surface area contributed by atoms with Crippen molar-refractivity contribution in [1.82, 2.24) is 19.5 Å². The number of rotatable bonds is 6. The number of hydrogen-bond acceptors (Lipinski definition) is 4. The van der Waals surface area contributed by atoms with Crippen molar-refractivity contribution in [2.24, 2.45) is 7.05 Å². The first-order valence-corrected chi connectivity index (χ1v) is 15.5. The van der Waals surface area contributed by atoms with Gasteiger partial charge in [-0.15, -0.1) is 0 Å². The lowest BCUT2D eigenvalue weighted by Crippen LogP contribution is -2.16. The fraction of sp³-hybridized carbons (Fsp3) is 0.225. The first kappa shape index (κ1) is 30.0. The Labute approximate surface area is 267 Å². The highest BCUT2D eigenvalue weighted by Crippen LogP contribution is 2.38. The van der Waals surface area contributed by atoms with E-state index in [0.29, 0.717) is 0 Å². The SMILES string of the molecule is Cn1c(C(C)(C)C)cnc1-c1cc(C(C)(C)C)ccc1Nc1ncc(-c2ccccc2)cc1-c1cccc(-c2ccccc2)n1. The molecule has 5 heteroatoms. The van der Waals surface area contributed by atoms with Gasteiger partial charge in [0.15, 0.2) is 0 Å². The van der Waals surface area contributed by atoms with E-state index < -0.39 is 0 Å². The van der Waals surface area contributed by atoms with Crippen LogP contribution in [-0.4, -0.2) is 19.5 Å². The molecule has 0 saturated carbocycles. The van der Waals surface area contributed by atoms with E-state index in [1.807, 2.05) is 36.7 Å². The molecule has 0 aliphatic rings. The molecule has 1 N–H and O–H groups in total. The van der Waals surface area contributed by atoms with Crippen LogP contribution in [0.5, 0.6) is 0 Å². The summed E-state index contributed by atoms with van der Waals surface area (Å²) in [5, 5.41) is 3.73. The molecule has 0 amide bonds. The van der Waals surface area contributed by atoms with Gasteiger partial charge in [-0.2, -0.15) is 0 Å². The molecule has 226 valence electrons. The average molecular weight is 592 g/mol. The van der Waals surface area contributed by atoms with Crippen molar-refractivity contribution >= 4 is 11.5 Å². The first-order chi connectivity index (χ1) is 21.5. The summed E-state index contributed by atoms with van der Waals surface area (Å²) in [6.07, 6.45) is 3.93. The molecule has 45 heavy (non-hydrogen) atoms. The molecule has 0 unspecified atom stereocenters. The van der Waals surface area contributed by atoms with Gasteiger partial charge in [-0.3, -0.25) is 0 Å². The third kappa shape index (κ3) is 6.30. The topological polar surface area (TPSA) is 55.6 Å². The Morgan fingerprint density at radius 2 is 1.24 bits per heavy atom. The Bertz CT molecular complexity index is 1940. The summed E-state index contributed by atoms with van der Waals surface area (Å²) < 4.78 is 2.21. The molecular formula is C40H41N5. The second-order valence-corrected chi connectivity index (χ2v) is 13.7. The molecule has 0 atom stereocenters. The van der Waals surface area contributed by atoms with Crippen LogP contribution in [-0.2, 0) is 17.9 Å². The summed E-state index contributed by atoms with van der Waals surface area (Å²) in [7, 11) is 2.10. The summed E-state index contributed by atoms with van der Waals surface area (Å²) in [5.74, 6) is 1.66. The van der Waals surface area contributed by atoms with Crippen LogP contribution in [0.2, 0.25) is 0 Å². The smallest absolute Gasteiger partial charge is 0.141 e.